The predicted octanol–water partition coefficient (Wildman–Crippen LogP) is 4.37. The Labute approximate surface area is 145 Å². The van der Waals surface area contributed by atoms with Gasteiger partial charge in [0.15, 0.2) is 0 Å². The number of rotatable bonds is 9. The summed E-state index contributed by atoms with van der Waals surface area (Å²) in [6.45, 7) is 2.03. The van der Waals surface area contributed by atoms with E-state index in [-0.39, 0.29) is 0 Å². The van der Waals surface area contributed by atoms with Crippen LogP contribution in [0.3, 0.4) is 0 Å². The fraction of sp³-hybridized carbons (Fsp3) is 0.429. The predicted molar refractivity (Wildman–Crippen MR) is 97.5 cm³/mol. The van der Waals surface area contributed by atoms with Gasteiger partial charge in [0.1, 0.15) is 17.6 Å². The molecular weight excluding hydrogens is 298 g/mol. The van der Waals surface area contributed by atoms with Crippen molar-refractivity contribution in [1.29, 1.82) is 0 Å². The van der Waals surface area contributed by atoms with Crippen molar-refractivity contribution in [1.82, 2.24) is 4.90 Å². The Morgan fingerprint density at radius 2 is 1.79 bits per heavy atom. The second-order valence-corrected chi connectivity index (χ2v) is 6.68. The molecule has 0 N–H and O–H groups in total. The normalized spacial score (nSPS) is 15.3. The monoisotopic (exact) mass is 325 g/mol. The second-order valence-electron chi connectivity index (χ2n) is 6.68. The van der Waals surface area contributed by atoms with Crippen LogP contribution in [0.25, 0.3) is 0 Å². The lowest BCUT2D eigenvalue weighted by molar-refractivity contribution is 0.148. The number of benzene rings is 2. The topological polar surface area (TPSA) is 21.7 Å². The standard InChI is InChI=1S/C21H27NO2/c1-22(16-17-7-4-3-5-8-17)14-13-21(18-11-12-18)24-20-10-6-9-19(15-20)23-2/h3-10,15,18,21H,11-14,16H2,1-2H3. The molecule has 1 unspecified atom stereocenters. The van der Waals surface area contributed by atoms with Gasteiger partial charge in [0.2, 0.25) is 0 Å². The maximum absolute atomic E-state index is 6.27. The fourth-order valence-corrected chi connectivity index (χ4v) is 3.03. The van der Waals surface area contributed by atoms with E-state index in [4.69, 9.17) is 9.47 Å². The summed E-state index contributed by atoms with van der Waals surface area (Å²) in [5.41, 5.74) is 1.36. The molecule has 0 aromatic heterocycles. The summed E-state index contributed by atoms with van der Waals surface area (Å²) >= 11 is 0. The lowest BCUT2D eigenvalue weighted by atomic mass is 10.1. The minimum Gasteiger partial charge on any atom is -0.497 e. The van der Waals surface area contributed by atoms with Crippen LogP contribution < -0.4 is 9.47 Å². The molecule has 0 spiro atoms. The highest BCUT2D eigenvalue weighted by Gasteiger charge is 2.32. The first-order valence-corrected chi connectivity index (χ1v) is 8.78. The van der Waals surface area contributed by atoms with Crippen LogP contribution in [-0.2, 0) is 6.54 Å². The fourth-order valence-electron chi connectivity index (χ4n) is 3.03. The first-order chi connectivity index (χ1) is 11.7. The van der Waals surface area contributed by atoms with Crippen molar-refractivity contribution in [2.24, 2.45) is 5.92 Å². The number of hydrogen-bond acceptors (Lipinski definition) is 3. The van der Waals surface area contributed by atoms with Gasteiger partial charge in [-0.25, -0.2) is 0 Å². The van der Waals surface area contributed by atoms with Gasteiger partial charge in [-0.3, -0.25) is 0 Å². The van der Waals surface area contributed by atoms with Gasteiger partial charge >= 0.3 is 0 Å². The summed E-state index contributed by atoms with van der Waals surface area (Å²) in [4.78, 5) is 2.37. The van der Waals surface area contributed by atoms with Crippen molar-refractivity contribution in [3.05, 3.63) is 60.2 Å². The van der Waals surface area contributed by atoms with Gasteiger partial charge in [0.05, 0.1) is 7.11 Å². The van der Waals surface area contributed by atoms with Crippen molar-refractivity contribution < 1.29 is 9.47 Å². The Kier molecular flexibility index (Phi) is 5.76. The van der Waals surface area contributed by atoms with Crippen molar-refractivity contribution >= 4 is 0 Å². The van der Waals surface area contributed by atoms with E-state index in [0.29, 0.717) is 12.0 Å². The Morgan fingerprint density at radius 1 is 1.04 bits per heavy atom. The van der Waals surface area contributed by atoms with Crippen LogP contribution in [0, 0.1) is 5.92 Å². The molecular formula is C21H27NO2. The third-order valence-electron chi connectivity index (χ3n) is 4.57. The molecule has 2 aromatic rings. The first kappa shape index (κ1) is 16.8. The molecule has 0 saturated heterocycles. The Morgan fingerprint density at radius 3 is 2.50 bits per heavy atom. The molecule has 1 atom stereocenters. The highest BCUT2D eigenvalue weighted by molar-refractivity contribution is 5.33. The molecule has 0 aliphatic heterocycles. The molecule has 2 aromatic carbocycles. The lowest BCUT2D eigenvalue weighted by Crippen LogP contribution is -2.27. The average Bonchev–Trinajstić information content (AvgIpc) is 3.44. The smallest absolute Gasteiger partial charge is 0.123 e. The summed E-state index contributed by atoms with van der Waals surface area (Å²) in [7, 11) is 3.87. The van der Waals surface area contributed by atoms with Crippen molar-refractivity contribution in [3.8, 4) is 11.5 Å². The number of ether oxygens (including phenoxy) is 2. The van der Waals surface area contributed by atoms with Crippen molar-refractivity contribution in [2.75, 3.05) is 20.7 Å². The van der Waals surface area contributed by atoms with Gasteiger partial charge in [0.25, 0.3) is 0 Å². The summed E-state index contributed by atoms with van der Waals surface area (Å²) in [5, 5.41) is 0. The van der Waals surface area contributed by atoms with Crippen LogP contribution in [0.2, 0.25) is 0 Å². The third-order valence-corrected chi connectivity index (χ3v) is 4.57. The molecule has 1 aliphatic carbocycles. The van der Waals surface area contributed by atoms with Crippen LogP contribution in [0.5, 0.6) is 11.5 Å². The van der Waals surface area contributed by atoms with E-state index in [2.05, 4.69) is 42.3 Å². The molecule has 0 amide bonds. The SMILES string of the molecule is COc1cccc(OC(CCN(C)Cc2ccccc2)C2CC2)c1. The maximum Gasteiger partial charge on any atom is 0.123 e. The molecule has 24 heavy (non-hydrogen) atoms. The van der Waals surface area contributed by atoms with E-state index in [1.54, 1.807) is 7.11 Å². The average molecular weight is 325 g/mol. The van der Waals surface area contributed by atoms with E-state index in [1.807, 2.05) is 24.3 Å². The molecule has 128 valence electrons. The van der Waals surface area contributed by atoms with Gasteiger partial charge in [-0.1, -0.05) is 36.4 Å². The summed E-state index contributed by atoms with van der Waals surface area (Å²) < 4.78 is 11.6. The Bertz CT molecular complexity index is 625. The van der Waals surface area contributed by atoms with Crippen LogP contribution in [0.1, 0.15) is 24.8 Å². The summed E-state index contributed by atoms with van der Waals surface area (Å²) in [5.74, 6) is 2.47. The third kappa shape index (κ3) is 5.00. The van der Waals surface area contributed by atoms with Gasteiger partial charge in [-0.15, -0.1) is 0 Å². The van der Waals surface area contributed by atoms with Crippen LogP contribution >= 0.6 is 0 Å². The number of hydrogen-bond donors (Lipinski definition) is 0. The van der Waals surface area contributed by atoms with Crippen molar-refractivity contribution in [2.45, 2.75) is 31.9 Å². The summed E-state index contributed by atoms with van der Waals surface area (Å²) in [6.07, 6.45) is 3.94. The highest BCUT2D eigenvalue weighted by Crippen LogP contribution is 2.37. The number of methoxy groups -OCH3 is 1. The quantitative estimate of drug-likeness (QED) is 0.683. The molecule has 0 bridgehead atoms. The van der Waals surface area contributed by atoms with Crippen LogP contribution in [0.4, 0.5) is 0 Å². The van der Waals surface area contributed by atoms with E-state index in [9.17, 15) is 0 Å². The van der Waals surface area contributed by atoms with Crippen molar-refractivity contribution in [3.63, 3.8) is 0 Å². The first-order valence-electron chi connectivity index (χ1n) is 8.78. The Balaban J connectivity index is 1.52. The van der Waals surface area contributed by atoms with E-state index in [0.717, 1.165) is 31.0 Å². The van der Waals surface area contributed by atoms with Gasteiger partial charge < -0.3 is 14.4 Å². The molecule has 3 heteroatoms. The summed E-state index contributed by atoms with van der Waals surface area (Å²) in [6, 6.07) is 18.6. The molecule has 1 fully saturated rings. The van der Waals surface area contributed by atoms with E-state index >= 15 is 0 Å². The minimum absolute atomic E-state index is 0.301. The minimum atomic E-state index is 0.301. The maximum atomic E-state index is 6.27. The molecule has 1 aliphatic rings. The zero-order valence-corrected chi connectivity index (χ0v) is 14.7. The largest absolute Gasteiger partial charge is 0.497 e. The van der Waals surface area contributed by atoms with Crippen LogP contribution in [0.15, 0.2) is 54.6 Å². The Hall–Kier alpha value is -2.00. The van der Waals surface area contributed by atoms with Gasteiger partial charge in [0, 0.05) is 19.2 Å². The van der Waals surface area contributed by atoms with Gasteiger partial charge in [-0.05, 0) is 49.9 Å². The second kappa shape index (κ2) is 8.20. The zero-order chi connectivity index (χ0) is 16.8. The lowest BCUT2D eigenvalue weighted by Gasteiger charge is -2.23. The molecule has 3 rings (SSSR count). The van der Waals surface area contributed by atoms with Crippen LogP contribution in [-0.4, -0.2) is 31.7 Å². The van der Waals surface area contributed by atoms with Gasteiger partial charge in [-0.2, -0.15) is 0 Å². The van der Waals surface area contributed by atoms with E-state index in [1.165, 1.54) is 18.4 Å². The van der Waals surface area contributed by atoms with E-state index < -0.39 is 0 Å². The molecule has 1 saturated carbocycles. The zero-order valence-electron chi connectivity index (χ0n) is 14.7. The number of nitrogens with zero attached hydrogens (tertiary/aromatic N) is 1. The molecule has 0 heterocycles. The highest BCUT2D eigenvalue weighted by atomic mass is 16.5. The molecule has 0 radical (unpaired) electrons. The molecule has 3 nitrogen and oxygen atoms in total.